The van der Waals surface area contributed by atoms with E-state index in [0.717, 1.165) is 36.8 Å². The van der Waals surface area contributed by atoms with Crippen molar-refractivity contribution in [2.45, 2.75) is 44.2 Å². The zero-order chi connectivity index (χ0) is 23.2. The summed E-state index contributed by atoms with van der Waals surface area (Å²) in [4.78, 5) is 33.1. The summed E-state index contributed by atoms with van der Waals surface area (Å²) in [6, 6.07) is 16.7. The molecule has 2 aromatic rings. The summed E-state index contributed by atoms with van der Waals surface area (Å²) >= 11 is 0. The van der Waals surface area contributed by atoms with Crippen LogP contribution in [0, 0.1) is 5.92 Å². The van der Waals surface area contributed by atoms with Crippen molar-refractivity contribution in [3.05, 3.63) is 60.2 Å². The molecular formula is C26H31N3O4. The van der Waals surface area contributed by atoms with Crippen molar-refractivity contribution in [2.75, 3.05) is 20.3 Å². The molecule has 4 rings (SSSR count). The van der Waals surface area contributed by atoms with Crippen LogP contribution in [0.5, 0.6) is 0 Å². The maximum atomic E-state index is 13.4. The molecule has 2 N–H and O–H groups in total. The van der Waals surface area contributed by atoms with Crippen LogP contribution >= 0.6 is 0 Å². The van der Waals surface area contributed by atoms with Gasteiger partial charge < -0.3 is 20.2 Å². The zero-order valence-corrected chi connectivity index (χ0v) is 18.9. The Morgan fingerprint density at radius 1 is 1.06 bits per heavy atom. The number of hydrogen-bond donors (Lipinski definition) is 2. The molecule has 33 heavy (non-hydrogen) atoms. The van der Waals surface area contributed by atoms with E-state index in [-0.39, 0.29) is 36.9 Å². The van der Waals surface area contributed by atoms with Crippen molar-refractivity contribution in [2.24, 2.45) is 11.1 Å². The van der Waals surface area contributed by atoms with Crippen LogP contribution in [-0.4, -0.2) is 59.9 Å². The minimum Gasteiger partial charge on any atom is -0.399 e. The Kier molecular flexibility index (Phi) is 7.40. The number of carbonyl (C=O) groups excluding carboxylic acids is 2. The maximum absolute atomic E-state index is 13.4. The van der Waals surface area contributed by atoms with Crippen molar-refractivity contribution in [3.63, 3.8) is 0 Å². The fourth-order valence-electron chi connectivity index (χ4n) is 4.84. The minimum atomic E-state index is -0.651. The predicted molar refractivity (Wildman–Crippen MR) is 127 cm³/mol. The molecule has 1 aliphatic carbocycles. The summed E-state index contributed by atoms with van der Waals surface area (Å²) in [6.07, 6.45) is 4.18. The highest BCUT2D eigenvalue weighted by Gasteiger charge is 2.40. The number of rotatable bonds is 6. The lowest BCUT2D eigenvalue weighted by Gasteiger charge is -2.33. The Labute approximate surface area is 194 Å². The molecule has 1 saturated heterocycles. The molecule has 0 radical (unpaired) electrons. The van der Waals surface area contributed by atoms with Gasteiger partial charge >= 0.3 is 0 Å². The topological polar surface area (TPSA) is 91.2 Å². The lowest BCUT2D eigenvalue weighted by molar-refractivity contribution is -0.126. The molecule has 1 aliphatic heterocycles. The molecule has 2 amide bonds. The molecule has 7 nitrogen and oxygen atoms in total. The SMILES string of the molecule is CO/N=C1/C[C@@H](C(=O)N[C@@H]2CCCC[C@H]2CO)N(C(=O)c2ccc(-c3ccccc3)cc2)C1. The first-order chi connectivity index (χ1) is 16.1. The van der Waals surface area contributed by atoms with Gasteiger partial charge in [0.1, 0.15) is 13.2 Å². The molecule has 0 aromatic heterocycles. The van der Waals surface area contributed by atoms with Crippen LogP contribution in [0.3, 0.4) is 0 Å². The van der Waals surface area contributed by atoms with Crippen LogP contribution < -0.4 is 5.32 Å². The van der Waals surface area contributed by atoms with Gasteiger partial charge in [-0.05, 0) is 36.1 Å². The Bertz CT molecular complexity index is 990. The van der Waals surface area contributed by atoms with Gasteiger partial charge in [-0.25, -0.2) is 0 Å². The van der Waals surface area contributed by atoms with E-state index in [9.17, 15) is 14.7 Å². The van der Waals surface area contributed by atoms with Gasteiger partial charge in [0.05, 0.1) is 12.3 Å². The van der Waals surface area contributed by atoms with Crippen LogP contribution in [0.1, 0.15) is 42.5 Å². The van der Waals surface area contributed by atoms with Crippen LogP contribution in [0.15, 0.2) is 59.8 Å². The first kappa shape index (κ1) is 23.0. The normalized spacial score (nSPS) is 24.0. The Morgan fingerprint density at radius 2 is 1.76 bits per heavy atom. The average Bonchev–Trinajstić information content (AvgIpc) is 3.29. The maximum Gasteiger partial charge on any atom is 0.254 e. The number of likely N-dealkylation sites (tertiary alicyclic amines) is 1. The van der Waals surface area contributed by atoms with Gasteiger partial charge in [-0.15, -0.1) is 0 Å². The van der Waals surface area contributed by atoms with Gasteiger partial charge in [-0.1, -0.05) is 60.5 Å². The molecule has 7 heteroatoms. The summed E-state index contributed by atoms with van der Waals surface area (Å²) in [5, 5.41) is 16.8. The van der Waals surface area contributed by atoms with Crippen LogP contribution in [0.4, 0.5) is 0 Å². The Balaban J connectivity index is 1.51. The second-order valence-electron chi connectivity index (χ2n) is 8.78. The van der Waals surface area contributed by atoms with E-state index < -0.39 is 6.04 Å². The predicted octanol–water partition coefficient (Wildman–Crippen LogP) is 3.24. The zero-order valence-electron chi connectivity index (χ0n) is 18.9. The van der Waals surface area contributed by atoms with Crippen molar-refractivity contribution < 1.29 is 19.5 Å². The fourth-order valence-corrected chi connectivity index (χ4v) is 4.84. The Morgan fingerprint density at radius 3 is 2.45 bits per heavy atom. The number of carbonyl (C=O) groups is 2. The number of aliphatic hydroxyl groups excluding tert-OH is 1. The molecule has 0 bridgehead atoms. The third kappa shape index (κ3) is 5.25. The molecule has 174 valence electrons. The van der Waals surface area contributed by atoms with E-state index in [1.807, 2.05) is 42.5 Å². The van der Waals surface area contributed by atoms with Gasteiger partial charge in [0.25, 0.3) is 5.91 Å². The van der Waals surface area contributed by atoms with Crippen molar-refractivity contribution in [1.29, 1.82) is 0 Å². The van der Waals surface area contributed by atoms with Crippen molar-refractivity contribution in [3.8, 4) is 11.1 Å². The number of benzene rings is 2. The molecule has 1 heterocycles. The fraction of sp³-hybridized carbons (Fsp3) is 0.423. The van der Waals surface area contributed by atoms with Crippen LogP contribution in [0.25, 0.3) is 11.1 Å². The lowest BCUT2D eigenvalue weighted by Crippen LogP contribution is -2.51. The largest absolute Gasteiger partial charge is 0.399 e. The number of aliphatic hydroxyl groups is 1. The van der Waals surface area contributed by atoms with E-state index in [1.54, 1.807) is 17.0 Å². The highest BCUT2D eigenvalue weighted by atomic mass is 16.6. The molecule has 3 atom stereocenters. The quantitative estimate of drug-likeness (QED) is 0.663. The summed E-state index contributed by atoms with van der Waals surface area (Å²) in [6.45, 7) is 0.307. The van der Waals surface area contributed by atoms with Gasteiger partial charge in [0.15, 0.2) is 0 Å². The van der Waals surface area contributed by atoms with E-state index in [4.69, 9.17) is 4.84 Å². The molecule has 2 aliphatic rings. The van der Waals surface area contributed by atoms with E-state index >= 15 is 0 Å². The molecule has 0 unspecified atom stereocenters. The van der Waals surface area contributed by atoms with Gasteiger partial charge in [0.2, 0.25) is 5.91 Å². The van der Waals surface area contributed by atoms with Gasteiger partial charge in [-0.2, -0.15) is 0 Å². The standard InChI is InChI=1S/C26H31N3O4/c1-33-28-22-15-24(25(31)27-23-10-6-5-9-21(23)17-30)29(16-22)26(32)20-13-11-19(12-14-20)18-7-3-2-4-8-18/h2-4,7-8,11-14,21,23-24,30H,5-6,9-10,15-17H2,1H3,(H,27,31)/b28-22-/t21-,23+,24-/m0/s1. The number of nitrogens with one attached hydrogen (secondary N) is 1. The summed E-state index contributed by atoms with van der Waals surface area (Å²) in [5.41, 5.74) is 3.29. The molecule has 2 fully saturated rings. The second-order valence-corrected chi connectivity index (χ2v) is 8.78. The monoisotopic (exact) mass is 449 g/mol. The van der Waals surface area contributed by atoms with E-state index in [2.05, 4.69) is 10.5 Å². The smallest absolute Gasteiger partial charge is 0.254 e. The van der Waals surface area contributed by atoms with E-state index in [1.165, 1.54) is 7.11 Å². The number of amides is 2. The molecule has 0 spiro atoms. The highest BCUT2D eigenvalue weighted by Crippen LogP contribution is 2.26. The first-order valence-corrected chi connectivity index (χ1v) is 11.6. The third-order valence-corrected chi connectivity index (χ3v) is 6.65. The number of nitrogens with zero attached hydrogens (tertiary/aromatic N) is 2. The van der Waals surface area contributed by atoms with Crippen LogP contribution in [0.2, 0.25) is 0 Å². The van der Waals surface area contributed by atoms with Gasteiger partial charge in [-0.3, -0.25) is 9.59 Å². The van der Waals surface area contributed by atoms with E-state index in [0.29, 0.717) is 17.7 Å². The van der Waals surface area contributed by atoms with Crippen molar-refractivity contribution >= 4 is 17.5 Å². The van der Waals surface area contributed by atoms with Crippen molar-refractivity contribution in [1.82, 2.24) is 10.2 Å². The first-order valence-electron chi connectivity index (χ1n) is 11.6. The average molecular weight is 450 g/mol. The number of oxime groups is 1. The van der Waals surface area contributed by atoms with Crippen LogP contribution in [-0.2, 0) is 9.63 Å². The summed E-state index contributed by atoms with van der Waals surface area (Å²) < 4.78 is 0. The van der Waals surface area contributed by atoms with Gasteiger partial charge in [0, 0.05) is 30.6 Å². The minimum absolute atomic E-state index is 0.0579. The molecule has 2 aromatic carbocycles. The molecule has 1 saturated carbocycles. The summed E-state index contributed by atoms with van der Waals surface area (Å²) in [7, 11) is 1.46. The second kappa shape index (κ2) is 10.6. The highest BCUT2D eigenvalue weighted by molar-refractivity contribution is 6.05. The Hall–Kier alpha value is -3.19. The summed E-state index contributed by atoms with van der Waals surface area (Å²) in [5.74, 6) is -0.347. The number of hydrogen-bond acceptors (Lipinski definition) is 5. The molecular weight excluding hydrogens is 418 g/mol. The third-order valence-electron chi connectivity index (χ3n) is 6.65. The lowest BCUT2D eigenvalue weighted by atomic mass is 9.85.